The molecular formula is C27H28N2O6. The van der Waals surface area contributed by atoms with Crippen LogP contribution in [0.1, 0.15) is 28.4 Å². The second kappa shape index (κ2) is 10.4. The van der Waals surface area contributed by atoms with Crippen molar-refractivity contribution < 1.29 is 28.5 Å². The predicted octanol–water partition coefficient (Wildman–Crippen LogP) is 4.27. The Morgan fingerprint density at radius 2 is 1.60 bits per heavy atom. The van der Waals surface area contributed by atoms with Gasteiger partial charge in [0.05, 0.1) is 21.3 Å². The number of nitrogens with one attached hydrogen (secondary N) is 1. The van der Waals surface area contributed by atoms with Crippen LogP contribution in [0.15, 0.2) is 60.7 Å². The molecule has 0 radical (unpaired) electrons. The first-order valence-corrected chi connectivity index (χ1v) is 11.2. The van der Waals surface area contributed by atoms with E-state index in [-0.39, 0.29) is 11.8 Å². The molecule has 3 aromatic carbocycles. The molecular weight excluding hydrogens is 448 g/mol. The lowest BCUT2D eigenvalue weighted by atomic mass is 10.1. The molecule has 1 heterocycles. The van der Waals surface area contributed by atoms with E-state index in [0.29, 0.717) is 41.6 Å². The van der Waals surface area contributed by atoms with Crippen molar-refractivity contribution in [3.63, 3.8) is 0 Å². The average Bonchev–Trinajstić information content (AvgIpc) is 2.99. The molecule has 0 saturated heterocycles. The van der Waals surface area contributed by atoms with Gasteiger partial charge in [-0.2, -0.15) is 0 Å². The van der Waals surface area contributed by atoms with E-state index in [0.717, 1.165) is 16.9 Å². The van der Waals surface area contributed by atoms with Gasteiger partial charge in [0.1, 0.15) is 23.0 Å². The third-order valence-electron chi connectivity index (χ3n) is 5.79. The Morgan fingerprint density at radius 1 is 0.943 bits per heavy atom. The van der Waals surface area contributed by atoms with Gasteiger partial charge in [-0.15, -0.1) is 0 Å². The smallest absolute Gasteiger partial charge is 0.263 e. The van der Waals surface area contributed by atoms with Crippen LogP contribution >= 0.6 is 0 Å². The molecule has 1 atom stereocenters. The molecule has 0 bridgehead atoms. The van der Waals surface area contributed by atoms with Crippen LogP contribution in [0.25, 0.3) is 0 Å². The lowest BCUT2D eigenvalue weighted by molar-refractivity contribution is -0.138. The van der Waals surface area contributed by atoms with Gasteiger partial charge in [0.15, 0.2) is 6.10 Å². The first-order valence-electron chi connectivity index (χ1n) is 11.2. The van der Waals surface area contributed by atoms with Gasteiger partial charge in [-0.3, -0.25) is 9.59 Å². The monoisotopic (exact) mass is 476 g/mol. The Labute approximate surface area is 204 Å². The molecule has 35 heavy (non-hydrogen) atoms. The first kappa shape index (κ1) is 23.9. The van der Waals surface area contributed by atoms with Crippen molar-refractivity contribution in [3.8, 4) is 23.0 Å². The number of carbonyl (C=O) groups excluding carboxylic acids is 2. The maximum absolute atomic E-state index is 13.0. The van der Waals surface area contributed by atoms with Gasteiger partial charge < -0.3 is 29.2 Å². The van der Waals surface area contributed by atoms with Crippen LogP contribution in [-0.2, 0) is 17.9 Å². The summed E-state index contributed by atoms with van der Waals surface area (Å²) in [7, 11) is 4.68. The number of fused-ring (bicyclic) bond motifs is 1. The van der Waals surface area contributed by atoms with Gasteiger partial charge >= 0.3 is 0 Å². The Bertz CT molecular complexity index is 1200. The predicted molar refractivity (Wildman–Crippen MR) is 131 cm³/mol. The first-order chi connectivity index (χ1) is 16.9. The molecule has 182 valence electrons. The molecule has 0 spiro atoms. The van der Waals surface area contributed by atoms with Crippen LogP contribution in [0.3, 0.4) is 0 Å². The summed E-state index contributed by atoms with van der Waals surface area (Å²) in [6, 6.07) is 17.9. The second-order valence-corrected chi connectivity index (χ2v) is 8.18. The highest BCUT2D eigenvalue weighted by Crippen LogP contribution is 2.30. The van der Waals surface area contributed by atoms with E-state index in [9.17, 15) is 9.59 Å². The zero-order valence-electron chi connectivity index (χ0n) is 20.2. The van der Waals surface area contributed by atoms with Crippen molar-refractivity contribution >= 4 is 17.5 Å². The van der Waals surface area contributed by atoms with Crippen molar-refractivity contribution in [1.82, 2.24) is 4.90 Å². The minimum Gasteiger partial charge on any atom is -0.497 e. The maximum Gasteiger partial charge on any atom is 0.263 e. The van der Waals surface area contributed by atoms with Gasteiger partial charge in [0.25, 0.3) is 11.8 Å². The Balaban J connectivity index is 1.55. The lowest BCUT2D eigenvalue weighted by Crippen LogP contribution is -2.37. The fraction of sp³-hybridized carbons (Fsp3) is 0.259. The molecule has 1 aliphatic rings. The number of anilines is 1. The van der Waals surface area contributed by atoms with Crippen molar-refractivity contribution in [1.29, 1.82) is 0 Å². The maximum atomic E-state index is 13.0. The average molecular weight is 477 g/mol. The quantitative estimate of drug-likeness (QED) is 0.548. The van der Waals surface area contributed by atoms with Crippen LogP contribution in [0.5, 0.6) is 23.0 Å². The molecule has 8 heteroatoms. The highest BCUT2D eigenvalue weighted by atomic mass is 16.5. The van der Waals surface area contributed by atoms with Gasteiger partial charge in [-0.25, -0.2) is 0 Å². The zero-order valence-corrected chi connectivity index (χ0v) is 20.2. The molecule has 1 aliphatic heterocycles. The summed E-state index contributed by atoms with van der Waals surface area (Å²) in [5, 5.41) is 2.91. The summed E-state index contributed by atoms with van der Waals surface area (Å²) in [6.45, 7) is 2.52. The summed E-state index contributed by atoms with van der Waals surface area (Å²) in [5.74, 6) is 2.00. The number of carbonyl (C=O) groups is 2. The molecule has 4 rings (SSSR count). The largest absolute Gasteiger partial charge is 0.497 e. The zero-order chi connectivity index (χ0) is 24.9. The van der Waals surface area contributed by atoms with E-state index in [1.165, 1.54) is 14.2 Å². The lowest BCUT2D eigenvalue weighted by Gasteiger charge is -2.22. The molecule has 1 unspecified atom stereocenters. The van der Waals surface area contributed by atoms with Crippen molar-refractivity contribution in [2.45, 2.75) is 26.1 Å². The third-order valence-corrected chi connectivity index (χ3v) is 5.79. The highest BCUT2D eigenvalue weighted by molar-refractivity contribution is 6.05. The number of ether oxygens (including phenoxy) is 4. The van der Waals surface area contributed by atoms with Crippen LogP contribution < -0.4 is 24.3 Å². The Hall–Kier alpha value is -4.20. The summed E-state index contributed by atoms with van der Waals surface area (Å²) in [5.41, 5.74) is 2.77. The molecule has 3 aromatic rings. The van der Waals surface area contributed by atoms with Crippen molar-refractivity contribution in [2.24, 2.45) is 0 Å². The SMILES string of the molecule is COc1ccc(CN2Cc3cc(NC(=O)c4cc(OC)cc(OC)c4)ccc3OC(C)C2=O)cc1. The number of rotatable bonds is 7. The topological polar surface area (TPSA) is 86.3 Å². The molecule has 0 fully saturated rings. The number of methoxy groups -OCH3 is 3. The summed E-state index contributed by atoms with van der Waals surface area (Å²) in [4.78, 5) is 27.7. The fourth-order valence-corrected chi connectivity index (χ4v) is 3.90. The van der Waals surface area contributed by atoms with Gasteiger partial charge in [-0.05, 0) is 55.0 Å². The molecule has 8 nitrogen and oxygen atoms in total. The number of benzene rings is 3. The second-order valence-electron chi connectivity index (χ2n) is 8.18. The molecule has 1 N–H and O–H groups in total. The van der Waals surface area contributed by atoms with Gasteiger partial charge in [0, 0.05) is 36.0 Å². The Morgan fingerprint density at radius 3 is 2.23 bits per heavy atom. The van der Waals surface area contributed by atoms with E-state index in [1.54, 1.807) is 49.3 Å². The molecule has 0 saturated carbocycles. The molecule has 0 aliphatic carbocycles. The molecule has 0 aromatic heterocycles. The van der Waals surface area contributed by atoms with E-state index >= 15 is 0 Å². The highest BCUT2D eigenvalue weighted by Gasteiger charge is 2.28. The Kier molecular flexibility index (Phi) is 7.10. The molecule has 2 amide bonds. The third kappa shape index (κ3) is 5.48. The van der Waals surface area contributed by atoms with E-state index in [1.807, 2.05) is 30.3 Å². The fourth-order valence-electron chi connectivity index (χ4n) is 3.90. The number of hydrogen-bond acceptors (Lipinski definition) is 6. The number of hydrogen-bond donors (Lipinski definition) is 1. The van der Waals surface area contributed by atoms with Crippen molar-refractivity contribution in [3.05, 3.63) is 77.4 Å². The minimum atomic E-state index is -0.626. The van der Waals surface area contributed by atoms with E-state index in [4.69, 9.17) is 18.9 Å². The summed E-state index contributed by atoms with van der Waals surface area (Å²) in [6.07, 6.45) is -0.626. The van der Waals surface area contributed by atoms with E-state index in [2.05, 4.69) is 5.32 Å². The normalized spacial score (nSPS) is 14.9. The standard InChI is InChI=1S/C27H28N2O6/c1-17-27(31)29(15-18-5-8-22(32-2)9-6-18)16-20-11-21(7-10-25(20)35-17)28-26(30)19-12-23(33-3)14-24(13-19)34-4/h5-14,17H,15-16H2,1-4H3,(H,28,30). The van der Waals surface area contributed by atoms with Crippen molar-refractivity contribution in [2.75, 3.05) is 26.6 Å². The summed E-state index contributed by atoms with van der Waals surface area (Å²) < 4.78 is 21.7. The van der Waals surface area contributed by atoms with Crippen LogP contribution in [0.2, 0.25) is 0 Å². The van der Waals surface area contributed by atoms with Gasteiger partial charge in [0.2, 0.25) is 0 Å². The summed E-state index contributed by atoms with van der Waals surface area (Å²) >= 11 is 0. The van der Waals surface area contributed by atoms with E-state index < -0.39 is 6.10 Å². The van der Waals surface area contributed by atoms with Gasteiger partial charge in [-0.1, -0.05) is 12.1 Å². The van der Waals surface area contributed by atoms with Crippen LogP contribution in [0, 0.1) is 0 Å². The van der Waals surface area contributed by atoms with Crippen LogP contribution in [0.4, 0.5) is 5.69 Å². The number of amides is 2. The minimum absolute atomic E-state index is 0.105. The number of nitrogens with zero attached hydrogens (tertiary/aromatic N) is 1. The van der Waals surface area contributed by atoms with Crippen LogP contribution in [-0.4, -0.2) is 44.1 Å².